The summed E-state index contributed by atoms with van der Waals surface area (Å²) < 4.78 is 11.0. The van der Waals surface area contributed by atoms with Crippen LogP contribution in [0.1, 0.15) is 31.8 Å². The van der Waals surface area contributed by atoms with Gasteiger partial charge < -0.3 is 9.47 Å². The Morgan fingerprint density at radius 1 is 0.742 bits per heavy atom. The summed E-state index contributed by atoms with van der Waals surface area (Å²) in [6, 6.07) is 28.1. The molecule has 0 atom stereocenters. The van der Waals surface area contributed by atoms with Crippen molar-refractivity contribution in [3.63, 3.8) is 0 Å². The van der Waals surface area contributed by atoms with Crippen LogP contribution in [0, 0.1) is 6.92 Å². The lowest BCUT2D eigenvalue weighted by atomic mass is 10.0. The Labute approximate surface area is 181 Å². The molecule has 0 amide bonds. The maximum absolute atomic E-state index is 12.4. The molecule has 0 unspecified atom stereocenters. The maximum Gasteiger partial charge on any atom is 0.338 e. The number of carbonyl (C=O) groups excluding carboxylic acids is 2. The van der Waals surface area contributed by atoms with Gasteiger partial charge in [-0.2, -0.15) is 0 Å². The van der Waals surface area contributed by atoms with E-state index in [1.54, 1.807) is 18.2 Å². The van der Waals surface area contributed by atoms with Crippen LogP contribution in [0.15, 0.2) is 91.0 Å². The van der Waals surface area contributed by atoms with E-state index in [9.17, 15) is 9.59 Å². The molecule has 4 aromatic rings. The average Bonchev–Trinajstić information content (AvgIpc) is 2.82. The lowest BCUT2D eigenvalue weighted by Crippen LogP contribution is -2.14. The molecule has 0 radical (unpaired) electrons. The molecule has 0 aromatic heterocycles. The number of ether oxygens (including phenoxy) is 2. The molecule has 0 aliphatic carbocycles. The molecule has 0 saturated heterocycles. The van der Waals surface area contributed by atoms with Crippen LogP contribution in [0.25, 0.3) is 10.8 Å². The van der Waals surface area contributed by atoms with Gasteiger partial charge in [-0.05, 0) is 53.6 Å². The second-order valence-electron chi connectivity index (χ2n) is 7.36. The number of aryl methyl sites for hydroxylation is 1. The van der Waals surface area contributed by atoms with Crippen LogP contribution in [0.2, 0.25) is 0 Å². The molecule has 154 valence electrons. The maximum atomic E-state index is 12.4. The Balaban J connectivity index is 1.31. The topological polar surface area (TPSA) is 52.6 Å². The molecule has 0 saturated carbocycles. The lowest BCUT2D eigenvalue weighted by molar-refractivity contribution is 0.0475. The third kappa shape index (κ3) is 5.17. The summed E-state index contributed by atoms with van der Waals surface area (Å²) in [4.78, 5) is 24.7. The van der Waals surface area contributed by atoms with Gasteiger partial charge in [0.15, 0.2) is 12.4 Å². The minimum absolute atomic E-state index is 0.234. The van der Waals surface area contributed by atoms with Gasteiger partial charge in [-0.25, -0.2) is 4.79 Å². The molecular formula is C27H22O4. The molecule has 4 heteroatoms. The number of carbonyl (C=O) groups is 2. The van der Waals surface area contributed by atoms with Crippen LogP contribution in [0.5, 0.6) is 5.75 Å². The normalized spacial score (nSPS) is 10.6. The highest BCUT2D eigenvalue weighted by molar-refractivity contribution is 6.02. The van der Waals surface area contributed by atoms with E-state index in [0.717, 1.165) is 22.1 Å². The second kappa shape index (κ2) is 9.26. The van der Waals surface area contributed by atoms with Crippen LogP contribution in [0.3, 0.4) is 0 Å². The van der Waals surface area contributed by atoms with E-state index in [1.165, 1.54) is 5.56 Å². The fourth-order valence-corrected chi connectivity index (χ4v) is 3.20. The Hall–Kier alpha value is -3.92. The smallest absolute Gasteiger partial charge is 0.338 e. The minimum Gasteiger partial charge on any atom is -0.489 e. The summed E-state index contributed by atoms with van der Waals surface area (Å²) in [5.74, 6) is 0.0312. The average molecular weight is 410 g/mol. The van der Waals surface area contributed by atoms with Gasteiger partial charge in [0.2, 0.25) is 0 Å². The van der Waals surface area contributed by atoms with Crippen molar-refractivity contribution in [2.24, 2.45) is 0 Å². The van der Waals surface area contributed by atoms with Crippen molar-refractivity contribution in [3.8, 4) is 5.75 Å². The molecule has 4 aromatic carbocycles. The first-order chi connectivity index (χ1) is 15.1. The van der Waals surface area contributed by atoms with Crippen LogP contribution in [-0.4, -0.2) is 18.4 Å². The van der Waals surface area contributed by atoms with E-state index in [2.05, 4.69) is 0 Å². The van der Waals surface area contributed by atoms with Crippen molar-refractivity contribution in [3.05, 3.63) is 113 Å². The number of hydrogen-bond donors (Lipinski definition) is 0. The van der Waals surface area contributed by atoms with Crippen molar-refractivity contribution in [1.82, 2.24) is 0 Å². The quantitative estimate of drug-likeness (QED) is 0.287. The highest BCUT2D eigenvalue weighted by Gasteiger charge is 2.12. The molecule has 0 bridgehead atoms. The zero-order chi connectivity index (χ0) is 21.6. The Morgan fingerprint density at radius 3 is 2.16 bits per heavy atom. The molecule has 0 N–H and O–H groups in total. The van der Waals surface area contributed by atoms with Crippen molar-refractivity contribution in [2.45, 2.75) is 13.5 Å². The van der Waals surface area contributed by atoms with Crippen molar-refractivity contribution < 1.29 is 19.1 Å². The van der Waals surface area contributed by atoms with Crippen LogP contribution < -0.4 is 4.74 Å². The second-order valence-corrected chi connectivity index (χ2v) is 7.36. The SMILES string of the molecule is Cc1ccc(OCc2ccc(C(=O)OCC(=O)c3ccc4ccccc4c3)cc2)cc1. The fraction of sp³-hybridized carbons (Fsp3) is 0.111. The molecule has 0 aliphatic rings. The van der Waals surface area contributed by atoms with Crippen LogP contribution in [0.4, 0.5) is 0 Å². The molecule has 4 rings (SSSR count). The van der Waals surface area contributed by atoms with Gasteiger partial charge >= 0.3 is 5.97 Å². The standard InChI is InChI=1S/C27H22O4/c1-19-6-14-25(15-7-19)30-17-20-8-10-22(11-9-20)27(29)31-18-26(28)24-13-12-21-4-2-3-5-23(21)16-24/h2-16H,17-18H2,1H3. The highest BCUT2D eigenvalue weighted by atomic mass is 16.5. The van der Waals surface area contributed by atoms with E-state index in [-0.39, 0.29) is 12.4 Å². The molecule has 0 spiro atoms. The molecule has 0 fully saturated rings. The summed E-state index contributed by atoms with van der Waals surface area (Å²) >= 11 is 0. The summed E-state index contributed by atoms with van der Waals surface area (Å²) in [6.07, 6.45) is 0. The number of fused-ring (bicyclic) bond motifs is 1. The van der Waals surface area contributed by atoms with Crippen molar-refractivity contribution in [1.29, 1.82) is 0 Å². The van der Waals surface area contributed by atoms with E-state index in [1.807, 2.05) is 79.7 Å². The molecule has 31 heavy (non-hydrogen) atoms. The zero-order valence-electron chi connectivity index (χ0n) is 17.2. The first-order valence-electron chi connectivity index (χ1n) is 10.1. The fourth-order valence-electron chi connectivity index (χ4n) is 3.20. The highest BCUT2D eigenvalue weighted by Crippen LogP contribution is 2.17. The number of Topliss-reactive ketones (excluding diaryl/α,β-unsaturated/α-hetero) is 1. The predicted octanol–water partition coefficient (Wildman–Crippen LogP) is 5.77. The predicted molar refractivity (Wildman–Crippen MR) is 121 cm³/mol. The van der Waals surface area contributed by atoms with Gasteiger partial charge in [-0.15, -0.1) is 0 Å². The Bertz CT molecular complexity index is 1210. The van der Waals surface area contributed by atoms with Crippen LogP contribution >= 0.6 is 0 Å². The number of rotatable bonds is 7. The number of esters is 1. The summed E-state index contributed by atoms with van der Waals surface area (Å²) in [6.45, 7) is 2.13. The number of hydrogen-bond acceptors (Lipinski definition) is 4. The third-order valence-corrected chi connectivity index (χ3v) is 5.02. The van der Waals surface area contributed by atoms with Crippen LogP contribution in [-0.2, 0) is 11.3 Å². The first kappa shape index (κ1) is 20.4. The monoisotopic (exact) mass is 410 g/mol. The van der Waals surface area contributed by atoms with E-state index < -0.39 is 5.97 Å². The van der Waals surface area contributed by atoms with E-state index in [0.29, 0.717) is 17.7 Å². The molecular weight excluding hydrogens is 388 g/mol. The molecule has 0 aliphatic heterocycles. The summed E-state index contributed by atoms with van der Waals surface area (Å²) in [7, 11) is 0. The van der Waals surface area contributed by atoms with Gasteiger partial charge in [-0.3, -0.25) is 4.79 Å². The van der Waals surface area contributed by atoms with Gasteiger partial charge in [0.25, 0.3) is 0 Å². The summed E-state index contributed by atoms with van der Waals surface area (Å²) in [5.41, 5.74) is 3.03. The number of ketones is 1. The Kier molecular flexibility index (Phi) is 6.08. The molecule has 0 heterocycles. The van der Waals surface area contributed by atoms with E-state index >= 15 is 0 Å². The van der Waals surface area contributed by atoms with Crippen molar-refractivity contribution in [2.75, 3.05) is 6.61 Å². The van der Waals surface area contributed by atoms with Gasteiger partial charge in [0.1, 0.15) is 12.4 Å². The Morgan fingerprint density at radius 2 is 1.42 bits per heavy atom. The van der Waals surface area contributed by atoms with Gasteiger partial charge in [0.05, 0.1) is 5.56 Å². The van der Waals surface area contributed by atoms with Crippen molar-refractivity contribution >= 4 is 22.5 Å². The van der Waals surface area contributed by atoms with Gasteiger partial charge in [0, 0.05) is 5.56 Å². The van der Waals surface area contributed by atoms with E-state index in [4.69, 9.17) is 9.47 Å². The third-order valence-electron chi connectivity index (χ3n) is 5.02. The number of benzene rings is 4. The lowest BCUT2D eigenvalue weighted by Gasteiger charge is -2.08. The first-order valence-corrected chi connectivity index (χ1v) is 10.1. The summed E-state index contributed by atoms with van der Waals surface area (Å²) in [5, 5.41) is 2.03. The minimum atomic E-state index is -0.528. The zero-order valence-corrected chi connectivity index (χ0v) is 17.2. The van der Waals surface area contributed by atoms with Gasteiger partial charge in [-0.1, -0.05) is 66.2 Å². The largest absolute Gasteiger partial charge is 0.489 e. The molecule has 4 nitrogen and oxygen atoms in total.